The van der Waals surface area contributed by atoms with Crippen LogP contribution in [0.3, 0.4) is 0 Å². The lowest BCUT2D eigenvalue weighted by Crippen LogP contribution is -2.23. The van der Waals surface area contributed by atoms with Gasteiger partial charge in [0, 0.05) is 23.4 Å². The number of hydrogen-bond acceptors (Lipinski definition) is 3. The van der Waals surface area contributed by atoms with Gasteiger partial charge >= 0.3 is 0 Å². The minimum absolute atomic E-state index is 0.252. The molecule has 3 nitrogen and oxygen atoms in total. The minimum atomic E-state index is -0.252. The number of aryl methyl sites for hydroxylation is 2. The van der Waals surface area contributed by atoms with Gasteiger partial charge in [0.25, 0.3) is 0 Å². The van der Waals surface area contributed by atoms with E-state index in [9.17, 15) is 5.11 Å². The van der Waals surface area contributed by atoms with Crippen LogP contribution in [-0.2, 0) is 19.9 Å². The minimum Gasteiger partial charge on any atom is -0.392 e. The maximum Gasteiger partial charge on any atom is 0.0668 e. The third kappa shape index (κ3) is 2.85. The average molecular weight is 274 g/mol. The van der Waals surface area contributed by atoms with Crippen molar-refractivity contribution in [1.29, 1.82) is 0 Å². The van der Waals surface area contributed by atoms with Gasteiger partial charge in [-0.1, -0.05) is 18.2 Å². The Bertz CT molecular complexity index is 542. The molecule has 19 heavy (non-hydrogen) atoms. The predicted molar refractivity (Wildman–Crippen MR) is 77.3 cm³/mol. The number of benzene rings is 1. The van der Waals surface area contributed by atoms with Crippen LogP contribution in [0.2, 0.25) is 0 Å². The van der Waals surface area contributed by atoms with Crippen LogP contribution in [0, 0.1) is 0 Å². The number of aliphatic hydroxyl groups excluding tert-OH is 1. The number of aromatic nitrogens is 2. The van der Waals surface area contributed by atoms with Gasteiger partial charge in [-0.2, -0.15) is 5.10 Å². The quantitative estimate of drug-likeness (QED) is 0.930. The highest BCUT2D eigenvalue weighted by Crippen LogP contribution is 2.39. The topological polar surface area (TPSA) is 38.0 Å². The van der Waals surface area contributed by atoms with E-state index in [1.54, 1.807) is 0 Å². The van der Waals surface area contributed by atoms with Gasteiger partial charge in [0.05, 0.1) is 12.3 Å². The molecule has 0 saturated heterocycles. The Balaban J connectivity index is 1.56. The molecule has 0 amide bonds. The fourth-order valence-corrected chi connectivity index (χ4v) is 3.87. The van der Waals surface area contributed by atoms with Crippen LogP contribution in [0.1, 0.15) is 17.5 Å². The Morgan fingerprint density at radius 1 is 1.47 bits per heavy atom. The molecule has 4 heteroatoms. The summed E-state index contributed by atoms with van der Waals surface area (Å²) in [6.07, 6.45) is 6.32. The van der Waals surface area contributed by atoms with Gasteiger partial charge in [0.2, 0.25) is 0 Å². The maximum atomic E-state index is 10.3. The first kappa shape index (κ1) is 12.8. The van der Waals surface area contributed by atoms with Crippen molar-refractivity contribution in [1.82, 2.24) is 9.78 Å². The Labute approximate surface area is 117 Å². The summed E-state index contributed by atoms with van der Waals surface area (Å²) in [6.45, 7) is 0. The number of rotatable bonds is 4. The highest BCUT2D eigenvalue weighted by molar-refractivity contribution is 8.00. The molecule has 2 atom stereocenters. The molecule has 3 rings (SSSR count). The fraction of sp³-hybridized carbons (Fsp3) is 0.400. The Kier molecular flexibility index (Phi) is 3.62. The molecule has 2 heterocycles. The van der Waals surface area contributed by atoms with E-state index in [1.165, 1.54) is 16.0 Å². The zero-order valence-electron chi connectivity index (χ0n) is 11.0. The molecule has 0 aliphatic carbocycles. The lowest BCUT2D eigenvalue weighted by Gasteiger charge is -2.16. The van der Waals surface area contributed by atoms with E-state index in [0.717, 1.165) is 19.3 Å². The molecule has 1 aliphatic heterocycles. The van der Waals surface area contributed by atoms with E-state index in [0.29, 0.717) is 5.25 Å². The van der Waals surface area contributed by atoms with Crippen molar-refractivity contribution in [2.24, 2.45) is 7.05 Å². The summed E-state index contributed by atoms with van der Waals surface area (Å²) in [5.41, 5.74) is 2.57. The van der Waals surface area contributed by atoms with E-state index in [4.69, 9.17) is 0 Å². The Morgan fingerprint density at radius 3 is 3.05 bits per heavy atom. The second-order valence-corrected chi connectivity index (χ2v) is 6.38. The lowest BCUT2D eigenvalue weighted by molar-refractivity contribution is 0.162. The highest BCUT2D eigenvalue weighted by Gasteiger charge is 2.27. The molecule has 0 fully saturated rings. The van der Waals surface area contributed by atoms with Crippen molar-refractivity contribution in [3.05, 3.63) is 47.8 Å². The molecule has 0 bridgehead atoms. The second-order valence-electron chi connectivity index (χ2n) is 5.10. The molecule has 0 saturated carbocycles. The number of thioether (sulfide) groups is 1. The molecule has 100 valence electrons. The molecular formula is C15H18N2OS. The van der Waals surface area contributed by atoms with E-state index in [1.807, 2.05) is 35.9 Å². The summed E-state index contributed by atoms with van der Waals surface area (Å²) in [5, 5.41) is 14.8. The molecule has 2 aromatic rings. The van der Waals surface area contributed by atoms with Gasteiger partial charge < -0.3 is 5.11 Å². The normalized spacial score (nSPS) is 19.4. The smallest absolute Gasteiger partial charge is 0.0668 e. The van der Waals surface area contributed by atoms with Crippen molar-refractivity contribution in [3.63, 3.8) is 0 Å². The predicted octanol–water partition coefficient (Wildman–Crippen LogP) is 2.43. The molecule has 1 N–H and O–H groups in total. The monoisotopic (exact) mass is 274 g/mol. The molecule has 0 radical (unpaired) electrons. The molecule has 2 unspecified atom stereocenters. The van der Waals surface area contributed by atoms with Crippen LogP contribution < -0.4 is 0 Å². The molecule has 1 aromatic heterocycles. The molecule has 1 aromatic carbocycles. The Hall–Kier alpha value is -1.26. The first-order chi connectivity index (χ1) is 9.22. The van der Waals surface area contributed by atoms with Crippen LogP contribution in [-0.4, -0.2) is 26.2 Å². The van der Waals surface area contributed by atoms with E-state index < -0.39 is 0 Å². The van der Waals surface area contributed by atoms with Gasteiger partial charge in [-0.15, -0.1) is 11.8 Å². The van der Waals surface area contributed by atoms with E-state index >= 15 is 0 Å². The van der Waals surface area contributed by atoms with Gasteiger partial charge in [-0.3, -0.25) is 4.68 Å². The molecule has 0 spiro atoms. The highest BCUT2D eigenvalue weighted by atomic mass is 32.2. The largest absolute Gasteiger partial charge is 0.392 e. The number of nitrogens with zero attached hydrogens (tertiary/aromatic N) is 2. The van der Waals surface area contributed by atoms with E-state index in [-0.39, 0.29) is 6.10 Å². The van der Waals surface area contributed by atoms with Crippen LogP contribution in [0.4, 0.5) is 0 Å². The number of fused-ring (bicyclic) bond motifs is 1. The van der Waals surface area contributed by atoms with Crippen LogP contribution in [0.25, 0.3) is 0 Å². The SMILES string of the molecule is Cn1cc(CCC(O)C2Cc3ccccc3S2)cn1. The average Bonchev–Trinajstić information content (AvgIpc) is 3.01. The van der Waals surface area contributed by atoms with Crippen molar-refractivity contribution in [3.8, 4) is 0 Å². The third-order valence-corrected chi connectivity index (χ3v) is 5.02. The van der Waals surface area contributed by atoms with Crippen molar-refractivity contribution < 1.29 is 5.11 Å². The van der Waals surface area contributed by atoms with Gasteiger partial charge in [0.1, 0.15) is 0 Å². The first-order valence-corrected chi connectivity index (χ1v) is 7.50. The maximum absolute atomic E-state index is 10.3. The van der Waals surface area contributed by atoms with Crippen molar-refractivity contribution >= 4 is 11.8 Å². The third-order valence-electron chi connectivity index (χ3n) is 3.59. The molecule has 1 aliphatic rings. The van der Waals surface area contributed by atoms with E-state index in [2.05, 4.69) is 29.4 Å². The zero-order chi connectivity index (χ0) is 13.2. The van der Waals surface area contributed by atoms with Crippen molar-refractivity contribution in [2.75, 3.05) is 0 Å². The van der Waals surface area contributed by atoms with Crippen LogP contribution in [0.5, 0.6) is 0 Å². The second kappa shape index (κ2) is 5.39. The number of hydrogen-bond donors (Lipinski definition) is 1. The number of aliphatic hydroxyl groups is 1. The summed E-state index contributed by atoms with van der Waals surface area (Å²) in [5.74, 6) is 0. The van der Waals surface area contributed by atoms with Crippen LogP contribution >= 0.6 is 11.8 Å². The Morgan fingerprint density at radius 2 is 2.32 bits per heavy atom. The summed E-state index contributed by atoms with van der Waals surface area (Å²) in [7, 11) is 1.92. The van der Waals surface area contributed by atoms with Crippen molar-refractivity contribution in [2.45, 2.75) is 35.5 Å². The summed E-state index contributed by atoms with van der Waals surface area (Å²) < 4.78 is 1.81. The summed E-state index contributed by atoms with van der Waals surface area (Å²) >= 11 is 1.81. The van der Waals surface area contributed by atoms with Gasteiger partial charge in [-0.05, 0) is 36.5 Å². The summed E-state index contributed by atoms with van der Waals surface area (Å²) in [4.78, 5) is 1.33. The lowest BCUT2D eigenvalue weighted by atomic mass is 10.0. The van der Waals surface area contributed by atoms with Gasteiger partial charge in [-0.25, -0.2) is 0 Å². The zero-order valence-corrected chi connectivity index (χ0v) is 11.8. The first-order valence-electron chi connectivity index (χ1n) is 6.62. The van der Waals surface area contributed by atoms with Crippen LogP contribution in [0.15, 0.2) is 41.6 Å². The van der Waals surface area contributed by atoms with Gasteiger partial charge in [0.15, 0.2) is 0 Å². The standard InChI is InChI=1S/C15H18N2OS/c1-17-10-11(9-16-17)6-7-13(18)15-8-12-4-2-3-5-14(12)19-15/h2-5,9-10,13,15,18H,6-8H2,1H3. The summed E-state index contributed by atoms with van der Waals surface area (Å²) in [6, 6.07) is 8.45. The fourth-order valence-electron chi connectivity index (χ4n) is 2.52. The molecular weight excluding hydrogens is 256 g/mol.